The lowest BCUT2D eigenvalue weighted by molar-refractivity contribution is -0.209. The zero-order valence-corrected chi connectivity index (χ0v) is 6.83. The van der Waals surface area contributed by atoms with Gasteiger partial charge in [0.25, 0.3) is 11.7 Å². The molecule has 0 spiro atoms. The Labute approximate surface area is 69.8 Å². The second-order valence-electron chi connectivity index (χ2n) is 2.52. The van der Waals surface area contributed by atoms with E-state index in [0.717, 1.165) is 0 Å². The Hall–Kier alpha value is -1.10. The summed E-state index contributed by atoms with van der Waals surface area (Å²) in [6.45, 7) is 1.99. The molecule has 0 bridgehead atoms. The first kappa shape index (κ1) is 8.99. The molecule has 1 heterocycles. The van der Waals surface area contributed by atoms with Gasteiger partial charge in [0.1, 0.15) is 0 Å². The van der Waals surface area contributed by atoms with E-state index in [-0.39, 0.29) is 19.4 Å². The summed E-state index contributed by atoms with van der Waals surface area (Å²) in [5.74, 6) is -2.68. The van der Waals surface area contributed by atoms with E-state index in [2.05, 4.69) is 0 Å². The van der Waals surface area contributed by atoms with E-state index in [0.29, 0.717) is 0 Å². The summed E-state index contributed by atoms with van der Waals surface area (Å²) in [6, 6.07) is 0. The minimum atomic E-state index is -1.49. The fourth-order valence-corrected chi connectivity index (χ4v) is 1.13. The Morgan fingerprint density at radius 1 is 1.83 bits per heavy atom. The van der Waals surface area contributed by atoms with Crippen LogP contribution in [0.25, 0.3) is 0 Å². The number of rotatable bonds is 3. The van der Waals surface area contributed by atoms with Crippen LogP contribution >= 0.6 is 0 Å². The quantitative estimate of drug-likeness (QED) is 0.586. The van der Waals surface area contributed by atoms with Crippen LogP contribution in [0, 0.1) is 0 Å². The number of primary amides is 1. The highest BCUT2D eigenvalue weighted by molar-refractivity contribution is 5.87. The first-order chi connectivity index (χ1) is 5.60. The highest BCUT2D eigenvalue weighted by Gasteiger charge is 2.47. The molecule has 0 aromatic heterocycles. The van der Waals surface area contributed by atoms with E-state index < -0.39 is 17.7 Å². The van der Waals surface area contributed by atoms with Crippen LogP contribution < -0.4 is 5.73 Å². The molecule has 5 nitrogen and oxygen atoms in total. The predicted octanol–water partition coefficient (Wildman–Crippen LogP) is -0.459. The molecule has 0 saturated carbocycles. The van der Waals surface area contributed by atoms with E-state index in [1.54, 1.807) is 6.92 Å². The Morgan fingerprint density at radius 2 is 2.50 bits per heavy atom. The number of esters is 1. The molecule has 0 aromatic carbocycles. The summed E-state index contributed by atoms with van der Waals surface area (Å²) in [5, 5.41) is 0. The average Bonchev–Trinajstić information content (AvgIpc) is 2.34. The Kier molecular flexibility index (Phi) is 2.32. The minimum Gasteiger partial charge on any atom is -0.423 e. The first-order valence-electron chi connectivity index (χ1n) is 3.76. The van der Waals surface area contributed by atoms with Gasteiger partial charge in [-0.15, -0.1) is 0 Å². The van der Waals surface area contributed by atoms with Gasteiger partial charge in [-0.25, -0.2) is 0 Å². The molecular weight excluding hydrogens is 162 g/mol. The molecule has 1 aliphatic heterocycles. The summed E-state index contributed by atoms with van der Waals surface area (Å²) in [7, 11) is 0. The maximum absolute atomic E-state index is 10.9. The van der Waals surface area contributed by atoms with Crippen LogP contribution in [0.5, 0.6) is 0 Å². The van der Waals surface area contributed by atoms with Crippen LogP contribution in [0.2, 0.25) is 0 Å². The van der Waals surface area contributed by atoms with Crippen LogP contribution in [0.3, 0.4) is 0 Å². The first-order valence-corrected chi connectivity index (χ1v) is 3.76. The molecule has 1 rings (SSSR count). The van der Waals surface area contributed by atoms with Crippen molar-refractivity contribution in [2.24, 2.45) is 5.73 Å². The second-order valence-corrected chi connectivity index (χ2v) is 2.52. The summed E-state index contributed by atoms with van der Waals surface area (Å²) >= 11 is 0. The highest BCUT2D eigenvalue weighted by Crippen LogP contribution is 2.27. The van der Waals surface area contributed by atoms with E-state index in [9.17, 15) is 9.59 Å². The maximum atomic E-state index is 10.9. The molecule has 1 unspecified atom stereocenters. The van der Waals surface area contributed by atoms with Crippen molar-refractivity contribution in [1.29, 1.82) is 0 Å². The van der Waals surface area contributed by atoms with Crippen molar-refractivity contribution in [2.75, 3.05) is 6.61 Å². The van der Waals surface area contributed by atoms with Gasteiger partial charge in [-0.05, 0) is 6.92 Å². The fourth-order valence-electron chi connectivity index (χ4n) is 1.13. The highest BCUT2D eigenvalue weighted by atomic mass is 16.7. The van der Waals surface area contributed by atoms with Gasteiger partial charge in [-0.2, -0.15) is 0 Å². The van der Waals surface area contributed by atoms with Gasteiger partial charge in [-0.3, -0.25) is 9.59 Å². The molecule has 1 aliphatic rings. The monoisotopic (exact) mass is 173 g/mol. The summed E-state index contributed by atoms with van der Waals surface area (Å²) < 4.78 is 9.72. The number of carbonyl (C=O) groups excluding carboxylic acids is 2. The van der Waals surface area contributed by atoms with Crippen LogP contribution in [-0.4, -0.2) is 24.3 Å². The zero-order chi connectivity index (χ0) is 9.19. The number of hydrogen-bond acceptors (Lipinski definition) is 4. The number of carbonyl (C=O) groups is 2. The molecule has 1 saturated heterocycles. The molecule has 12 heavy (non-hydrogen) atoms. The van der Waals surface area contributed by atoms with Crippen molar-refractivity contribution in [1.82, 2.24) is 0 Å². The zero-order valence-electron chi connectivity index (χ0n) is 6.83. The maximum Gasteiger partial charge on any atom is 0.309 e. The molecule has 0 aromatic rings. The lowest BCUT2D eigenvalue weighted by atomic mass is 10.2. The lowest BCUT2D eigenvalue weighted by Crippen LogP contribution is -2.46. The molecular formula is C7H11NO4. The normalized spacial score (nSPS) is 28.6. The second kappa shape index (κ2) is 3.10. The van der Waals surface area contributed by atoms with Crippen molar-refractivity contribution in [3.8, 4) is 0 Å². The molecule has 2 N–H and O–H groups in total. The van der Waals surface area contributed by atoms with Crippen LogP contribution in [0.4, 0.5) is 0 Å². The Balaban J connectivity index is 2.74. The Bertz CT molecular complexity index is 215. The van der Waals surface area contributed by atoms with Gasteiger partial charge in [0.05, 0.1) is 6.42 Å². The smallest absolute Gasteiger partial charge is 0.309 e. The minimum absolute atomic E-state index is 0.183. The van der Waals surface area contributed by atoms with Crippen LogP contribution in [-0.2, 0) is 19.1 Å². The van der Waals surface area contributed by atoms with Gasteiger partial charge in [0.15, 0.2) is 0 Å². The van der Waals surface area contributed by atoms with Gasteiger partial charge >= 0.3 is 5.97 Å². The van der Waals surface area contributed by atoms with Crippen molar-refractivity contribution >= 4 is 11.9 Å². The molecule has 68 valence electrons. The van der Waals surface area contributed by atoms with Crippen LogP contribution in [0.15, 0.2) is 0 Å². The summed E-state index contributed by atoms with van der Waals surface area (Å²) in [5.41, 5.74) is 5.04. The molecule has 5 heteroatoms. The van der Waals surface area contributed by atoms with Crippen LogP contribution in [0.1, 0.15) is 19.8 Å². The molecule has 1 atom stereocenters. The van der Waals surface area contributed by atoms with E-state index >= 15 is 0 Å². The van der Waals surface area contributed by atoms with Gasteiger partial charge in [0, 0.05) is 13.0 Å². The predicted molar refractivity (Wildman–Crippen MR) is 38.9 cm³/mol. The topological polar surface area (TPSA) is 78.6 Å². The molecule has 0 radical (unpaired) electrons. The average molecular weight is 173 g/mol. The van der Waals surface area contributed by atoms with E-state index in [4.69, 9.17) is 15.2 Å². The largest absolute Gasteiger partial charge is 0.423 e. The van der Waals surface area contributed by atoms with Gasteiger partial charge in [-0.1, -0.05) is 0 Å². The number of cyclic esters (lactones) is 1. The molecule has 1 amide bonds. The van der Waals surface area contributed by atoms with Gasteiger partial charge < -0.3 is 15.2 Å². The standard InChI is InChI=1S/C7H11NO4/c1-2-11-7(6(8)10)4-3-5(9)12-7/h2-4H2,1H3,(H2,8,10). The number of amides is 1. The summed E-state index contributed by atoms with van der Waals surface area (Å²) in [6.07, 6.45) is 0.401. The van der Waals surface area contributed by atoms with Crippen molar-refractivity contribution in [3.63, 3.8) is 0 Å². The SMILES string of the molecule is CCOC1(C(N)=O)CCC(=O)O1. The molecule has 1 fully saturated rings. The fraction of sp³-hybridized carbons (Fsp3) is 0.714. The van der Waals surface area contributed by atoms with Crippen molar-refractivity contribution in [3.05, 3.63) is 0 Å². The van der Waals surface area contributed by atoms with Crippen molar-refractivity contribution < 1.29 is 19.1 Å². The summed E-state index contributed by atoms with van der Waals surface area (Å²) in [4.78, 5) is 21.6. The lowest BCUT2D eigenvalue weighted by Gasteiger charge is -2.22. The number of hydrogen-bond donors (Lipinski definition) is 1. The third-order valence-corrected chi connectivity index (χ3v) is 1.69. The number of nitrogens with two attached hydrogens (primary N) is 1. The van der Waals surface area contributed by atoms with Gasteiger partial charge in [0.2, 0.25) is 0 Å². The van der Waals surface area contributed by atoms with Crippen molar-refractivity contribution in [2.45, 2.75) is 25.6 Å². The van der Waals surface area contributed by atoms with E-state index in [1.807, 2.05) is 0 Å². The third kappa shape index (κ3) is 1.40. The molecule has 0 aliphatic carbocycles. The van der Waals surface area contributed by atoms with E-state index in [1.165, 1.54) is 0 Å². The Morgan fingerprint density at radius 3 is 2.83 bits per heavy atom. The third-order valence-electron chi connectivity index (χ3n) is 1.69. The number of ether oxygens (including phenoxy) is 2.